The van der Waals surface area contributed by atoms with Gasteiger partial charge in [0.1, 0.15) is 5.56 Å². The maximum absolute atomic E-state index is 13.7. The Bertz CT molecular complexity index is 578. The molecule has 0 saturated carbocycles. The van der Waals surface area contributed by atoms with Crippen molar-refractivity contribution in [2.45, 2.75) is 19.3 Å². The van der Waals surface area contributed by atoms with Crippen LogP contribution in [0.25, 0.3) is 0 Å². The number of hydrogen-bond donors (Lipinski definition) is 1. The molecule has 3 nitrogen and oxygen atoms in total. The van der Waals surface area contributed by atoms with Crippen molar-refractivity contribution < 1.29 is 22.4 Å². The summed E-state index contributed by atoms with van der Waals surface area (Å²) in [7, 11) is 0. The number of halogens is 4. The second-order valence-electron chi connectivity index (χ2n) is 6.06. The zero-order valence-corrected chi connectivity index (χ0v) is 11.9. The van der Waals surface area contributed by atoms with E-state index in [1.165, 1.54) is 4.90 Å². The Hall–Kier alpha value is -1.63. The van der Waals surface area contributed by atoms with E-state index in [1.807, 2.05) is 0 Å². The van der Waals surface area contributed by atoms with Crippen molar-refractivity contribution in [3.63, 3.8) is 0 Å². The van der Waals surface area contributed by atoms with Crippen LogP contribution < -0.4 is 5.32 Å². The molecule has 0 aromatic heterocycles. The van der Waals surface area contributed by atoms with Gasteiger partial charge in [-0.05, 0) is 31.2 Å². The SMILES string of the molecule is O=C(c1c(F)c(F)cc(F)c1F)N1CCC2(CCNC2)CC1. The maximum Gasteiger partial charge on any atom is 0.260 e. The van der Waals surface area contributed by atoms with Crippen LogP contribution >= 0.6 is 0 Å². The van der Waals surface area contributed by atoms with Gasteiger partial charge in [0, 0.05) is 25.7 Å². The zero-order valence-electron chi connectivity index (χ0n) is 11.9. The van der Waals surface area contributed by atoms with Crippen LogP contribution in [-0.4, -0.2) is 37.0 Å². The standard InChI is InChI=1S/C15H16F4N2O/c16-9-7-10(17)13(19)11(12(9)18)14(22)21-5-2-15(3-6-21)1-4-20-8-15/h7,20H,1-6,8H2. The molecule has 0 radical (unpaired) electrons. The fourth-order valence-corrected chi connectivity index (χ4v) is 3.33. The van der Waals surface area contributed by atoms with Gasteiger partial charge in [-0.3, -0.25) is 4.79 Å². The topological polar surface area (TPSA) is 32.3 Å². The molecule has 0 atom stereocenters. The van der Waals surface area contributed by atoms with E-state index >= 15 is 0 Å². The van der Waals surface area contributed by atoms with E-state index in [9.17, 15) is 22.4 Å². The fourth-order valence-electron chi connectivity index (χ4n) is 3.33. The Morgan fingerprint density at radius 3 is 2.14 bits per heavy atom. The molecule has 2 heterocycles. The van der Waals surface area contributed by atoms with Crippen molar-refractivity contribution in [3.05, 3.63) is 34.9 Å². The summed E-state index contributed by atoms with van der Waals surface area (Å²) in [5.41, 5.74) is -1.01. The van der Waals surface area contributed by atoms with E-state index in [0.717, 1.165) is 19.5 Å². The monoisotopic (exact) mass is 316 g/mol. The van der Waals surface area contributed by atoms with Gasteiger partial charge < -0.3 is 10.2 Å². The van der Waals surface area contributed by atoms with Crippen LogP contribution in [0.15, 0.2) is 6.07 Å². The molecule has 1 spiro atoms. The van der Waals surface area contributed by atoms with E-state index in [2.05, 4.69) is 5.32 Å². The number of nitrogens with zero attached hydrogens (tertiary/aromatic N) is 1. The van der Waals surface area contributed by atoms with Gasteiger partial charge >= 0.3 is 0 Å². The lowest BCUT2D eigenvalue weighted by Gasteiger charge is -2.38. The molecule has 2 saturated heterocycles. The predicted molar refractivity (Wildman–Crippen MR) is 71.3 cm³/mol. The molecule has 1 N–H and O–H groups in total. The predicted octanol–water partition coefficient (Wildman–Crippen LogP) is 2.46. The minimum atomic E-state index is -1.63. The summed E-state index contributed by atoms with van der Waals surface area (Å²) in [4.78, 5) is 13.5. The first-order chi connectivity index (χ1) is 10.4. The molecule has 1 amide bonds. The van der Waals surface area contributed by atoms with Crippen LogP contribution in [0.4, 0.5) is 17.6 Å². The van der Waals surface area contributed by atoms with Gasteiger partial charge in [-0.25, -0.2) is 17.6 Å². The molecule has 22 heavy (non-hydrogen) atoms. The van der Waals surface area contributed by atoms with E-state index in [-0.39, 0.29) is 11.5 Å². The first kappa shape index (κ1) is 15.3. The number of piperidine rings is 1. The lowest BCUT2D eigenvalue weighted by atomic mass is 9.78. The van der Waals surface area contributed by atoms with Gasteiger partial charge in [0.05, 0.1) is 0 Å². The van der Waals surface area contributed by atoms with Crippen LogP contribution in [0.1, 0.15) is 29.6 Å². The highest BCUT2D eigenvalue weighted by Gasteiger charge is 2.39. The van der Waals surface area contributed by atoms with E-state index in [0.29, 0.717) is 25.9 Å². The summed E-state index contributed by atoms with van der Waals surface area (Å²) >= 11 is 0. The molecular formula is C15H16F4N2O. The van der Waals surface area contributed by atoms with E-state index in [1.54, 1.807) is 0 Å². The summed E-state index contributed by atoms with van der Waals surface area (Å²) in [6.07, 6.45) is 2.44. The lowest BCUT2D eigenvalue weighted by molar-refractivity contribution is 0.0596. The summed E-state index contributed by atoms with van der Waals surface area (Å²) in [5.74, 6) is -7.38. The molecule has 7 heteroatoms. The highest BCUT2D eigenvalue weighted by atomic mass is 19.2. The van der Waals surface area contributed by atoms with Crippen LogP contribution in [0.3, 0.4) is 0 Å². The van der Waals surface area contributed by atoms with Crippen molar-refractivity contribution in [3.8, 4) is 0 Å². The van der Waals surface area contributed by atoms with Crippen LogP contribution in [0.2, 0.25) is 0 Å². The minimum Gasteiger partial charge on any atom is -0.338 e. The van der Waals surface area contributed by atoms with Crippen molar-refractivity contribution in [2.75, 3.05) is 26.2 Å². The number of likely N-dealkylation sites (tertiary alicyclic amines) is 1. The normalized spacial score (nSPS) is 20.6. The van der Waals surface area contributed by atoms with Crippen LogP contribution in [0, 0.1) is 28.7 Å². The smallest absolute Gasteiger partial charge is 0.260 e. The minimum absolute atomic E-state index is 0.108. The Balaban J connectivity index is 1.81. The quantitative estimate of drug-likeness (QED) is 0.638. The molecule has 2 aliphatic rings. The zero-order chi connectivity index (χ0) is 15.9. The van der Waals surface area contributed by atoms with Gasteiger partial charge in [0.25, 0.3) is 5.91 Å². The number of rotatable bonds is 1. The Labute approximate surface area is 125 Å². The summed E-state index contributed by atoms with van der Waals surface area (Å²) < 4.78 is 53.9. The van der Waals surface area contributed by atoms with Crippen molar-refractivity contribution in [1.29, 1.82) is 0 Å². The molecule has 0 bridgehead atoms. The van der Waals surface area contributed by atoms with Crippen molar-refractivity contribution >= 4 is 5.91 Å². The number of nitrogens with one attached hydrogen (secondary N) is 1. The third kappa shape index (κ3) is 2.47. The van der Waals surface area contributed by atoms with Gasteiger partial charge in [0.2, 0.25) is 0 Å². The highest BCUT2D eigenvalue weighted by molar-refractivity contribution is 5.95. The number of carbonyl (C=O) groups excluding carboxylic acids is 1. The Morgan fingerprint density at radius 1 is 1.05 bits per heavy atom. The van der Waals surface area contributed by atoms with Gasteiger partial charge in [-0.2, -0.15) is 0 Å². The van der Waals surface area contributed by atoms with Crippen LogP contribution in [-0.2, 0) is 0 Å². The average molecular weight is 316 g/mol. The third-order valence-electron chi connectivity index (χ3n) is 4.77. The molecule has 1 aromatic carbocycles. The fraction of sp³-hybridized carbons (Fsp3) is 0.533. The molecule has 120 valence electrons. The second-order valence-corrected chi connectivity index (χ2v) is 6.06. The Morgan fingerprint density at radius 2 is 1.64 bits per heavy atom. The maximum atomic E-state index is 13.7. The molecule has 1 aromatic rings. The largest absolute Gasteiger partial charge is 0.338 e. The van der Waals surface area contributed by atoms with Crippen LogP contribution in [0.5, 0.6) is 0 Å². The van der Waals surface area contributed by atoms with Crippen molar-refractivity contribution in [1.82, 2.24) is 10.2 Å². The third-order valence-corrected chi connectivity index (χ3v) is 4.77. The molecule has 2 aliphatic heterocycles. The molecular weight excluding hydrogens is 300 g/mol. The van der Waals surface area contributed by atoms with Gasteiger partial charge in [-0.15, -0.1) is 0 Å². The molecule has 0 unspecified atom stereocenters. The number of amides is 1. The molecule has 0 aliphatic carbocycles. The summed E-state index contributed by atoms with van der Waals surface area (Å²) in [6.45, 7) is 2.45. The first-order valence-electron chi connectivity index (χ1n) is 7.26. The first-order valence-corrected chi connectivity index (χ1v) is 7.26. The number of carbonyl (C=O) groups is 1. The summed E-state index contributed by atoms with van der Waals surface area (Å²) in [5, 5.41) is 3.27. The highest BCUT2D eigenvalue weighted by Crippen LogP contribution is 2.37. The van der Waals surface area contributed by atoms with E-state index in [4.69, 9.17) is 0 Å². The lowest BCUT2D eigenvalue weighted by Crippen LogP contribution is -2.44. The van der Waals surface area contributed by atoms with Gasteiger partial charge in [0.15, 0.2) is 23.3 Å². The molecule has 3 rings (SSSR count). The second kappa shape index (κ2) is 5.53. The van der Waals surface area contributed by atoms with E-state index < -0.39 is 34.7 Å². The number of hydrogen-bond acceptors (Lipinski definition) is 2. The Kier molecular flexibility index (Phi) is 3.84. The molecule has 2 fully saturated rings. The van der Waals surface area contributed by atoms with Gasteiger partial charge in [-0.1, -0.05) is 0 Å². The summed E-state index contributed by atoms with van der Waals surface area (Å²) in [6, 6.07) is 0.108. The number of benzene rings is 1. The average Bonchev–Trinajstić information content (AvgIpc) is 2.94. The van der Waals surface area contributed by atoms with Crippen molar-refractivity contribution in [2.24, 2.45) is 5.41 Å².